The first-order valence-corrected chi connectivity index (χ1v) is 6.48. The molecule has 0 spiro atoms. The minimum absolute atomic E-state index is 0.397. The average Bonchev–Trinajstić information content (AvgIpc) is 2.37. The van der Waals surface area contributed by atoms with E-state index in [4.69, 9.17) is 9.47 Å². The molecule has 0 bridgehead atoms. The molecule has 1 aromatic carbocycles. The van der Waals surface area contributed by atoms with Gasteiger partial charge in [0.1, 0.15) is 11.5 Å². The molecule has 0 fully saturated rings. The first kappa shape index (κ1) is 12.2. The van der Waals surface area contributed by atoms with Crippen molar-refractivity contribution in [3.63, 3.8) is 0 Å². The van der Waals surface area contributed by atoms with Gasteiger partial charge in [-0.2, -0.15) is 0 Å². The third-order valence-electron chi connectivity index (χ3n) is 2.94. The molecule has 1 aromatic rings. The van der Waals surface area contributed by atoms with Crippen LogP contribution in [-0.2, 0) is 0 Å². The lowest BCUT2D eigenvalue weighted by Gasteiger charge is -2.27. The van der Waals surface area contributed by atoms with E-state index in [0.29, 0.717) is 6.04 Å². The van der Waals surface area contributed by atoms with Gasteiger partial charge in [0.15, 0.2) is 0 Å². The smallest absolute Gasteiger partial charge is 0.124 e. The molecule has 3 heteroatoms. The quantitative estimate of drug-likeness (QED) is 0.851. The Morgan fingerprint density at radius 2 is 2.29 bits per heavy atom. The van der Waals surface area contributed by atoms with Gasteiger partial charge in [-0.25, -0.2) is 0 Å². The van der Waals surface area contributed by atoms with Crippen molar-refractivity contribution < 1.29 is 9.47 Å². The van der Waals surface area contributed by atoms with Gasteiger partial charge >= 0.3 is 0 Å². The average molecular weight is 235 g/mol. The zero-order valence-corrected chi connectivity index (χ0v) is 10.7. The third kappa shape index (κ3) is 2.91. The molecule has 2 rings (SSSR count). The fraction of sp³-hybridized carbons (Fsp3) is 0.571. The predicted octanol–water partition coefficient (Wildman–Crippen LogP) is 2.91. The van der Waals surface area contributed by atoms with Crippen LogP contribution >= 0.6 is 0 Å². The normalized spacial score (nSPS) is 18.4. The minimum Gasteiger partial charge on any atom is -0.494 e. The van der Waals surface area contributed by atoms with Crippen LogP contribution < -0.4 is 14.8 Å². The lowest BCUT2D eigenvalue weighted by molar-refractivity contribution is 0.252. The molecule has 1 atom stereocenters. The van der Waals surface area contributed by atoms with Gasteiger partial charge in [0, 0.05) is 18.0 Å². The molecule has 1 N–H and O–H groups in total. The molecule has 17 heavy (non-hydrogen) atoms. The van der Waals surface area contributed by atoms with Crippen molar-refractivity contribution in [2.24, 2.45) is 0 Å². The molecule has 0 saturated heterocycles. The Morgan fingerprint density at radius 3 is 3.06 bits per heavy atom. The van der Waals surface area contributed by atoms with Crippen molar-refractivity contribution in [3.8, 4) is 11.5 Å². The molecular weight excluding hydrogens is 214 g/mol. The number of hydrogen-bond donors (Lipinski definition) is 1. The van der Waals surface area contributed by atoms with E-state index in [1.54, 1.807) is 0 Å². The molecule has 0 aromatic heterocycles. The van der Waals surface area contributed by atoms with Crippen LogP contribution in [0.15, 0.2) is 18.2 Å². The van der Waals surface area contributed by atoms with Gasteiger partial charge < -0.3 is 14.8 Å². The summed E-state index contributed by atoms with van der Waals surface area (Å²) in [5.74, 6) is 1.94. The van der Waals surface area contributed by atoms with Crippen LogP contribution in [0.4, 0.5) is 0 Å². The molecular formula is C14H21NO2. The summed E-state index contributed by atoms with van der Waals surface area (Å²) in [6.45, 7) is 6.78. The largest absolute Gasteiger partial charge is 0.494 e. The van der Waals surface area contributed by atoms with Crippen LogP contribution in [0.1, 0.15) is 38.3 Å². The van der Waals surface area contributed by atoms with Crippen LogP contribution in [0.5, 0.6) is 11.5 Å². The Labute approximate surface area is 103 Å². The summed E-state index contributed by atoms with van der Waals surface area (Å²) in [6, 6.07) is 6.51. The van der Waals surface area contributed by atoms with E-state index in [1.165, 1.54) is 5.56 Å². The second kappa shape index (κ2) is 5.92. The standard InChI is InChI=1S/C14H21NO2/c1-3-8-16-11-5-6-14-12(10-11)13(15-4-2)7-9-17-14/h5-6,10,13,15H,3-4,7-9H2,1-2H3. The maximum atomic E-state index is 5.66. The zero-order chi connectivity index (χ0) is 12.1. The van der Waals surface area contributed by atoms with Gasteiger partial charge in [-0.05, 0) is 31.2 Å². The van der Waals surface area contributed by atoms with Crippen molar-refractivity contribution in [1.82, 2.24) is 5.32 Å². The van der Waals surface area contributed by atoms with E-state index in [2.05, 4.69) is 25.2 Å². The van der Waals surface area contributed by atoms with Crippen LogP contribution in [0.25, 0.3) is 0 Å². The molecule has 0 amide bonds. The molecule has 0 aliphatic carbocycles. The van der Waals surface area contributed by atoms with Gasteiger partial charge in [0.2, 0.25) is 0 Å². The fourth-order valence-corrected chi connectivity index (χ4v) is 2.14. The highest BCUT2D eigenvalue weighted by Gasteiger charge is 2.21. The fourth-order valence-electron chi connectivity index (χ4n) is 2.14. The molecule has 3 nitrogen and oxygen atoms in total. The van der Waals surface area contributed by atoms with E-state index in [1.807, 2.05) is 12.1 Å². The summed E-state index contributed by atoms with van der Waals surface area (Å²) in [7, 11) is 0. The monoisotopic (exact) mass is 235 g/mol. The van der Waals surface area contributed by atoms with E-state index in [0.717, 1.165) is 44.1 Å². The Hall–Kier alpha value is -1.22. The first-order chi connectivity index (χ1) is 8.35. The van der Waals surface area contributed by atoms with Crippen LogP contribution in [0, 0.1) is 0 Å². The Bertz CT molecular complexity index is 365. The molecule has 1 unspecified atom stereocenters. The SMILES string of the molecule is CCCOc1ccc2c(c1)C(NCC)CCO2. The minimum atomic E-state index is 0.397. The van der Waals surface area contributed by atoms with Crippen LogP contribution in [0.3, 0.4) is 0 Å². The second-order valence-corrected chi connectivity index (χ2v) is 4.30. The zero-order valence-electron chi connectivity index (χ0n) is 10.7. The second-order valence-electron chi connectivity index (χ2n) is 4.30. The lowest BCUT2D eigenvalue weighted by Crippen LogP contribution is -2.26. The summed E-state index contributed by atoms with van der Waals surface area (Å²) in [5.41, 5.74) is 1.23. The number of nitrogens with one attached hydrogen (secondary N) is 1. The third-order valence-corrected chi connectivity index (χ3v) is 2.94. The molecule has 0 saturated carbocycles. The van der Waals surface area contributed by atoms with Crippen molar-refractivity contribution in [2.75, 3.05) is 19.8 Å². The maximum Gasteiger partial charge on any atom is 0.124 e. The lowest BCUT2D eigenvalue weighted by atomic mass is 10.0. The number of rotatable bonds is 5. The van der Waals surface area contributed by atoms with Crippen molar-refractivity contribution in [1.29, 1.82) is 0 Å². The van der Waals surface area contributed by atoms with Crippen LogP contribution in [0.2, 0.25) is 0 Å². The summed E-state index contributed by atoms with van der Waals surface area (Å²) in [4.78, 5) is 0. The highest BCUT2D eigenvalue weighted by atomic mass is 16.5. The number of ether oxygens (including phenoxy) is 2. The van der Waals surface area contributed by atoms with Crippen molar-refractivity contribution in [2.45, 2.75) is 32.7 Å². The topological polar surface area (TPSA) is 30.5 Å². The highest BCUT2D eigenvalue weighted by Crippen LogP contribution is 2.34. The summed E-state index contributed by atoms with van der Waals surface area (Å²) in [6.07, 6.45) is 2.06. The molecule has 0 radical (unpaired) electrons. The Balaban J connectivity index is 2.18. The molecule has 94 valence electrons. The van der Waals surface area contributed by atoms with E-state index < -0.39 is 0 Å². The Kier molecular flexibility index (Phi) is 4.26. The number of benzene rings is 1. The summed E-state index contributed by atoms with van der Waals surface area (Å²) < 4.78 is 11.3. The van der Waals surface area contributed by atoms with Crippen LogP contribution in [-0.4, -0.2) is 19.8 Å². The first-order valence-electron chi connectivity index (χ1n) is 6.48. The van der Waals surface area contributed by atoms with Crippen molar-refractivity contribution in [3.05, 3.63) is 23.8 Å². The molecule has 1 aliphatic heterocycles. The van der Waals surface area contributed by atoms with Crippen molar-refractivity contribution >= 4 is 0 Å². The van der Waals surface area contributed by atoms with Gasteiger partial charge in [-0.3, -0.25) is 0 Å². The maximum absolute atomic E-state index is 5.66. The summed E-state index contributed by atoms with van der Waals surface area (Å²) in [5, 5.41) is 3.49. The number of fused-ring (bicyclic) bond motifs is 1. The van der Waals surface area contributed by atoms with E-state index in [-0.39, 0.29) is 0 Å². The molecule has 1 aliphatic rings. The summed E-state index contributed by atoms with van der Waals surface area (Å²) >= 11 is 0. The van der Waals surface area contributed by atoms with Gasteiger partial charge in [-0.1, -0.05) is 13.8 Å². The molecule has 1 heterocycles. The number of hydrogen-bond acceptors (Lipinski definition) is 3. The van der Waals surface area contributed by atoms with E-state index >= 15 is 0 Å². The van der Waals surface area contributed by atoms with Gasteiger partial charge in [0.05, 0.1) is 13.2 Å². The van der Waals surface area contributed by atoms with Gasteiger partial charge in [0.25, 0.3) is 0 Å². The van der Waals surface area contributed by atoms with Gasteiger partial charge in [-0.15, -0.1) is 0 Å². The van der Waals surface area contributed by atoms with E-state index in [9.17, 15) is 0 Å². The highest BCUT2D eigenvalue weighted by molar-refractivity contribution is 5.43. The Morgan fingerprint density at radius 1 is 1.41 bits per heavy atom. The predicted molar refractivity (Wildman–Crippen MR) is 68.8 cm³/mol.